The van der Waals surface area contributed by atoms with Crippen molar-refractivity contribution in [2.24, 2.45) is 0 Å². The molecule has 2 unspecified atom stereocenters. The van der Waals surface area contributed by atoms with Crippen molar-refractivity contribution in [3.63, 3.8) is 0 Å². The Hall–Kier alpha value is -2.77. The molecule has 118 valence electrons. The van der Waals surface area contributed by atoms with Gasteiger partial charge in [-0.2, -0.15) is 4.79 Å². The molecule has 9 nitrogen and oxygen atoms in total. The Kier molecular flexibility index (Phi) is 6.68. The Morgan fingerprint density at radius 2 is 2.27 bits per heavy atom. The molecule has 1 aromatic rings. The Labute approximate surface area is 125 Å². The van der Waals surface area contributed by atoms with Crippen LogP contribution >= 0.6 is 0 Å². The van der Waals surface area contributed by atoms with Crippen molar-refractivity contribution in [1.82, 2.24) is 5.32 Å². The van der Waals surface area contributed by atoms with Crippen molar-refractivity contribution in [2.45, 2.75) is 25.0 Å². The molecule has 0 radical (unpaired) electrons. The van der Waals surface area contributed by atoms with E-state index in [1.54, 1.807) is 6.07 Å². The van der Waals surface area contributed by atoms with E-state index in [1.165, 1.54) is 19.4 Å². The van der Waals surface area contributed by atoms with Crippen molar-refractivity contribution >= 4 is 23.9 Å². The number of aliphatic carboxylic acids is 1. The van der Waals surface area contributed by atoms with E-state index in [1.807, 2.05) is 0 Å². The lowest BCUT2D eigenvalue weighted by Gasteiger charge is -2.17. The number of carboxylic acids is 1. The van der Waals surface area contributed by atoms with E-state index >= 15 is 0 Å². The predicted octanol–water partition coefficient (Wildman–Crippen LogP) is 0.186. The number of ether oxygens (including phenoxy) is 1. The Morgan fingerprint density at radius 1 is 1.55 bits per heavy atom. The fourth-order valence-electron chi connectivity index (χ4n) is 1.71. The van der Waals surface area contributed by atoms with Gasteiger partial charge in [-0.05, 0) is 18.6 Å². The first kappa shape index (κ1) is 17.3. The number of furan rings is 1. The van der Waals surface area contributed by atoms with E-state index < -0.39 is 29.8 Å². The highest BCUT2D eigenvalue weighted by atomic mass is 16.5. The Morgan fingerprint density at radius 3 is 2.77 bits per heavy atom. The second-order valence-electron chi connectivity index (χ2n) is 4.28. The molecule has 0 bridgehead atoms. The second kappa shape index (κ2) is 8.50. The summed E-state index contributed by atoms with van der Waals surface area (Å²) in [6.07, 6.45) is 0.587. The largest absolute Gasteiger partial charge is 0.480 e. The van der Waals surface area contributed by atoms with Gasteiger partial charge in [0.2, 0.25) is 5.78 Å². The minimum atomic E-state index is -1.30. The minimum Gasteiger partial charge on any atom is -0.480 e. The summed E-state index contributed by atoms with van der Waals surface area (Å²) in [4.78, 5) is 36.9. The molecule has 22 heavy (non-hydrogen) atoms. The fraction of sp³-hybridized carbons (Fsp3) is 0.385. The number of methoxy groups -OCH3 is 1. The van der Waals surface area contributed by atoms with Crippen LogP contribution in [0.4, 0.5) is 0 Å². The molecule has 2 atom stereocenters. The van der Waals surface area contributed by atoms with Gasteiger partial charge in [0, 0.05) is 13.5 Å². The SMILES string of the molecule is COC(C(=O)NC(CCC(=O)C=[N+]=[N-])C(=O)O)c1ccco1. The number of hydrogen-bond donors (Lipinski definition) is 2. The molecule has 9 heteroatoms. The number of amides is 1. The van der Waals surface area contributed by atoms with Crippen molar-refractivity contribution in [2.75, 3.05) is 7.11 Å². The van der Waals surface area contributed by atoms with Crippen LogP contribution in [-0.4, -0.2) is 46.9 Å². The van der Waals surface area contributed by atoms with Crippen molar-refractivity contribution in [3.05, 3.63) is 29.7 Å². The maximum atomic E-state index is 12.0. The zero-order valence-electron chi connectivity index (χ0n) is 11.8. The molecule has 1 aromatic heterocycles. The first-order chi connectivity index (χ1) is 10.5. The number of ketones is 1. The number of rotatable bonds is 9. The summed E-state index contributed by atoms with van der Waals surface area (Å²) in [6, 6.07) is 1.80. The van der Waals surface area contributed by atoms with E-state index in [0.29, 0.717) is 6.21 Å². The van der Waals surface area contributed by atoms with Crippen molar-refractivity contribution in [1.29, 1.82) is 0 Å². The first-order valence-corrected chi connectivity index (χ1v) is 6.29. The third kappa shape index (κ3) is 4.97. The van der Waals surface area contributed by atoms with E-state index in [9.17, 15) is 14.4 Å². The van der Waals surface area contributed by atoms with Gasteiger partial charge in [0.25, 0.3) is 5.91 Å². The van der Waals surface area contributed by atoms with Gasteiger partial charge in [0.15, 0.2) is 6.10 Å². The van der Waals surface area contributed by atoms with Crippen LogP contribution in [0.1, 0.15) is 24.7 Å². The van der Waals surface area contributed by atoms with E-state index in [4.69, 9.17) is 19.8 Å². The average molecular weight is 309 g/mol. The van der Waals surface area contributed by atoms with Crippen LogP contribution in [0.5, 0.6) is 0 Å². The molecule has 0 aliphatic heterocycles. The maximum absolute atomic E-state index is 12.0. The molecule has 0 fully saturated rings. The lowest BCUT2D eigenvalue weighted by Crippen LogP contribution is -2.43. The van der Waals surface area contributed by atoms with Crippen molar-refractivity contribution < 1.29 is 33.4 Å². The minimum absolute atomic E-state index is 0.152. The zero-order chi connectivity index (χ0) is 16.5. The number of nitrogens with one attached hydrogen (secondary N) is 1. The summed E-state index contributed by atoms with van der Waals surface area (Å²) in [5.74, 6) is -2.32. The van der Waals surface area contributed by atoms with Crippen LogP contribution in [0.15, 0.2) is 22.8 Å². The number of Topliss-reactive ketones (excluding diaryl/α,β-unsaturated/α-hetero) is 1. The van der Waals surface area contributed by atoms with Gasteiger partial charge >= 0.3 is 12.2 Å². The van der Waals surface area contributed by atoms with Crippen molar-refractivity contribution in [3.8, 4) is 0 Å². The van der Waals surface area contributed by atoms with Crippen LogP contribution in [0.2, 0.25) is 0 Å². The number of carbonyl (C=O) groups is 3. The molecule has 0 aliphatic carbocycles. The molecule has 0 spiro atoms. The molecule has 0 saturated heterocycles. The second-order valence-corrected chi connectivity index (χ2v) is 4.28. The lowest BCUT2D eigenvalue weighted by atomic mass is 10.1. The van der Waals surface area contributed by atoms with Gasteiger partial charge in [-0.25, -0.2) is 4.79 Å². The molecule has 0 saturated carbocycles. The molecular weight excluding hydrogens is 294 g/mol. The third-order valence-electron chi connectivity index (χ3n) is 2.77. The van der Waals surface area contributed by atoms with Gasteiger partial charge in [-0.3, -0.25) is 9.59 Å². The topological polar surface area (TPSA) is 142 Å². The molecule has 1 amide bonds. The van der Waals surface area contributed by atoms with Gasteiger partial charge in [-0.15, -0.1) is 0 Å². The van der Waals surface area contributed by atoms with Gasteiger partial charge in [-0.1, -0.05) is 0 Å². The van der Waals surface area contributed by atoms with Crippen LogP contribution in [0.3, 0.4) is 0 Å². The van der Waals surface area contributed by atoms with Crippen LogP contribution in [0, 0.1) is 0 Å². The summed E-state index contributed by atoms with van der Waals surface area (Å²) >= 11 is 0. The quantitative estimate of drug-likeness (QED) is 0.378. The molecule has 1 rings (SSSR count). The lowest BCUT2D eigenvalue weighted by molar-refractivity contribution is -0.144. The fourth-order valence-corrected chi connectivity index (χ4v) is 1.71. The zero-order valence-corrected chi connectivity index (χ0v) is 11.8. The number of hydrogen-bond acceptors (Lipinski definition) is 5. The summed E-state index contributed by atoms with van der Waals surface area (Å²) < 4.78 is 10.0. The molecular formula is C13H15N3O6. The van der Waals surface area contributed by atoms with E-state index in [2.05, 4.69) is 10.1 Å². The molecule has 0 aromatic carbocycles. The van der Waals surface area contributed by atoms with Crippen LogP contribution < -0.4 is 5.32 Å². The van der Waals surface area contributed by atoms with Gasteiger partial charge in [0.1, 0.15) is 11.8 Å². The average Bonchev–Trinajstić information content (AvgIpc) is 2.98. The summed E-state index contributed by atoms with van der Waals surface area (Å²) in [5.41, 5.74) is 8.20. The highest BCUT2D eigenvalue weighted by Crippen LogP contribution is 2.17. The molecule has 1 heterocycles. The molecule has 0 aliphatic rings. The normalized spacial score (nSPS) is 12.8. The monoisotopic (exact) mass is 309 g/mol. The van der Waals surface area contributed by atoms with Crippen LogP contribution in [-0.2, 0) is 19.1 Å². The van der Waals surface area contributed by atoms with Gasteiger partial charge < -0.3 is 25.1 Å². The maximum Gasteiger partial charge on any atom is 0.326 e. The Bertz CT molecular complexity index is 577. The molecule has 2 N–H and O–H groups in total. The standard InChI is InChI=1S/C13H15N3O6/c1-21-11(10-3-2-6-22-10)12(18)16-9(13(19)20)5-4-8(17)7-15-14/h2-3,6-7,9,11H,4-5H2,1H3,(H,16,18)(H,19,20). The number of carboxylic acid groups (broad SMARTS) is 1. The summed E-state index contributed by atoms with van der Waals surface area (Å²) in [6.45, 7) is 0. The third-order valence-corrected chi connectivity index (χ3v) is 2.77. The first-order valence-electron chi connectivity index (χ1n) is 6.29. The highest BCUT2D eigenvalue weighted by Gasteiger charge is 2.28. The highest BCUT2D eigenvalue weighted by molar-refractivity contribution is 6.25. The van der Waals surface area contributed by atoms with Crippen LogP contribution in [0.25, 0.3) is 5.53 Å². The van der Waals surface area contributed by atoms with Gasteiger partial charge in [0.05, 0.1) is 6.26 Å². The number of nitrogens with zero attached hydrogens (tertiary/aromatic N) is 2. The summed E-state index contributed by atoms with van der Waals surface area (Å²) in [7, 11) is 1.28. The summed E-state index contributed by atoms with van der Waals surface area (Å²) in [5, 5.41) is 11.3. The number of carbonyl (C=O) groups excluding carboxylic acids is 2. The Balaban J connectivity index is 2.69. The predicted molar refractivity (Wildman–Crippen MR) is 71.9 cm³/mol. The smallest absolute Gasteiger partial charge is 0.326 e. The van der Waals surface area contributed by atoms with E-state index in [-0.39, 0.29) is 18.6 Å². The van der Waals surface area contributed by atoms with E-state index in [0.717, 1.165) is 0 Å².